The number of hydrogen-bond donors (Lipinski definition) is 1. The molecular formula is C11H16N2. The molecule has 2 N–H and O–H groups in total. The largest absolute Gasteiger partial charge is 0.398 e. The minimum absolute atomic E-state index is 0.669. The number of nitrogen functional groups attached to an aromatic ring is 1. The monoisotopic (exact) mass is 176 g/mol. The maximum Gasteiger partial charge on any atom is 0.0380 e. The molecule has 0 aromatic carbocycles. The molecule has 0 spiro atoms. The van der Waals surface area contributed by atoms with Crippen LogP contribution in [0.2, 0.25) is 0 Å². The lowest BCUT2D eigenvalue weighted by Crippen LogP contribution is -2.07. The van der Waals surface area contributed by atoms with E-state index in [1.165, 1.54) is 37.7 Å². The van der Waals surface area contributed by atoms with Crippen molar-refractivity contribution in [1.82, 2.24) is 4.98 Å². The lowest BCUT2D eigenvalue weighted by Gasteiger charge is -2.22. The highest BCUT2D eigenvalue weighted by atomic mass is 14.7. The zero-order valence-corrected chi connectivity index (χ0v) is 7.87. The van der Waals surface area contributed by atoms with Gasteiger partial charge in [-0.1, -0.05) is 19.3 Å². The number of pyridine rings is 1. The van der Waals surface area contributed by atoms with Gasteiger partial charge >= 0.3 is 0 Å². The molecule has 1 aromatic heterocycles. The van der Waals surface area contributed by atoms with Gasteiger partial charge in [-0.3, -0.25) is 4.98 Å². The van der Waals surface area contributed by atoms with Gasteiger partial charge in [-0.05, 0) is 30.4 Å². The fourth-order valence-electron chi connectivity index (χ4n) is 2.17. The van der Waals surface area contributed by atoms with Gasteiger partial charge < -0.3 is 5.73 Å². The molecule has 2 rings (SSSR count). The maximum atomic E-state index is 5.91. The summed E-state index contributed by atoms with van der Waals surface area (Å²) in [6, 6.07) is 1.91. The number of aromatic nitrogens is 1. The summed E-state index contributed by atoms with van der Waals surface area (Å²) in [5.74, 6) is 0.669. The van der Waals surface area contributed by atoms with Crippen molar-refractivity contribution in [2.24, 2.45) is 0 Å². The second kappa shape index (κ2) is 3.77. The molecule has 13 heavy (non-hydrogen) atoms. The Morgan fingerprint density at radius 2 is 2.00 bits per heavy atom. The van der Waals surface area contributed by atoms with Gasteiger partial charge in [-0.15, -0.1) is 0 Å². The molecule has 0 aliphatic heterocycles. The average Bonchev–Trinajstić information content (AvgIpc) is 2.20. The van der Waals surface area contributed by atoms with Crippen molar-refractivity contribution in [3.05, 3.63) is 24.0 Å². The summed E-state index contributed by atoms with van der Waals surface area (Å²) in [7, 11) is 0. The molecule has 0 atom stereocenters. The summed E-state index contributed by atoms with van der Waals surface area (Å²) >= 11 is 0. The fraction of sp³-hybridized carbons (Fsp3) is 0.545. The first-order chi connectivity index (χ1) is 6.38. The molecule has 0 radical (unpaired) electrons. The van der Waals surface area contributed by atoms with Crippen molar-refractivity contribution in [2.75, 3.05) is 5.73 Å². The van der Waals surface area contributed by atoms with E-state index in [0.717, 1.165) is 5.69 Å². The van der Waals surface area contributed by atoms with Crippen molar-refractivity contribution < 1.29 is 0 Å². The predicted molar refractivity (Wildman–Crippen MR) is 54.5 cm³/mol. The van der Waals surface area contributed by atoms with Crippen LogP contribution in [0.5, 0.6) is 0 Å². The minimum atomic E-state index is 0.669. The van der Waals surface area contributed by atoms with E-state index in [-0.39, 0.29) is 0 Å². The van der Waals surface area contributed by atoms with Gasteiger partial charge in [0.1, 0.15) is 0 Å². The van der Waals surface area contributed by atoms with Crippen molar-refractivity contribution in [3.8, 4) is 0 Å². The van der Waals surface area contributed by atoms with Crippen LogP contribution in [0.15, 0.2) is 18.5 Å². The Kier molecular flexibility index (Phi) is 2.48. The van der Waals surface area contributed by atoms with Crippen molar-refractivity contribution >= 4 is 5.69 Å². The van der Waals surface area contributed by atoms with Gasteiger partial charge in [0.15, 0.2) is 0 Å². The van der Waals surface area contributed by atoms with Crippen molar-refractivity contribution in [3.63, 3.8) is 0 Å². The van der Waals surface area contributed by atoms with Gasteiger partial charge in [0, 0.05) is 18.1 Å². The smallest absolute Gasteiger partial charge is 0.0380 e. The molecule has 0 saturated heterocycles. The number of rotatable bonds is 1. The van der Waals surface area contributed by atoms with Gasteiger partial charge in [0.05, 0.1) is 0 Å². The zero-order valence-electron chi connectivity index (χ0n) is 7.87. The first kappa shape index (κ1) is 8.54. The maximum absolute atomic E-state index is 5.91. The first-order valence-corrected chi connectivity index (χ1v) is 5.07. The molecule has 2 nitrogen and oxygen atoms in total. The molecule has 0 unspecified atom stereocenters. The third-order valence-corrected chi connectivity index (χ3v) is 2.93. The number of nitrogens with two attached hydrogens (primary N) is 1. The average molecular weight is 176 g/mol. The molecular weight excluding hydrogens is 160 g/mol. The number of nitrogens with zero attached hydrogens (tertiary/aromatic N) is 1. The summed E-state index contributed by atoms with van der Waals surface area (Å²) < 4.78 is 0. The van der Waals surface area contributed by atoms with Gasteiger partial charge in [-0.25, -0.2) is 0 Å². The summed E-state index contributed by atoms with van der Waals surface area (Å²) in [6.45, 7) is 0. The Balaban J connectivity index is 2.18. The van der Waals surface area contributed by atoms with Crippen LogP contribution in [0.25, 0.3) is 0 Å². The second-order valence-corrected chi connectivity index (χ2v) is 3.84. The van der Waals surface area contributed by atoms with E-state index in [2.05, 4.69) is 4.98 Å². The molecule has 1 saturated carbocycles. The quantitative estimate of drug-likeness (QED) is 0.714. The topological polar surface area (TPSA) is 38.9 Å². The standard InChI is InChI=1S/C11H16N2/c12-11-6-7-13-8-10(11)9-4-2-1-3-5-9/h6-9H,1-5H2,(H2,12,13). The highest BCUT2D eigenvalue weighted by molar-refractivity contribution is 5.46. The van der Waals surface area contributed by atoms with Crippen LogP contribution in [0.1, 0.15) is 43.6 Å². The molecule has 1 aromatic rings. The Morgan fingerprint density at radius 1 is 1.23 bits per heavy atom. The van der Waals surface area contributed by atoms with Crippen LogP contribution < -0.4 is 5.73 Å². The number of anilines is 1. The Hall–Kier alpha value is -1.05. The highest BCUT2D eigenvalue weighted by Crippen LogP contribution is 2.34. The SMILES string of the molecule is Nc1ccncc1C1CCCCC1. The molecule has 2 heteroatoms. The van der Waals surface area contributed by atoms with E-state index in [9.17, 15) is 0 Å². The van der Waals surface area contributed by atoms with Gasteiger partial charge in [-0.2, -0.15) is 0 Å². The van der Waals surface area contributed by atoms with Crippen LogP contribution in [-0.2, 0) is 0 Å². The third-order valence-electron chi connectivity index (χ3n) is 2.93. The normalized spacial score (nSPS) is 18.8. The molecule has 1 aliphatic rings. The Morgan fingerprint density at radius 3 is 2.69 bits per heavy atom. The molecule has 1 fully saturated rings. The lowest BCUT2D eigenvalue weighted by molar-refractivity contribution is 0.444. The van der Waals surface area contributed by atoms with E-state index < -0.39 is 0 Å². The van der Waals surface area contributed by atoms with Crippen molar-refractivity contribution in [1.29, 1.82) is 0 Å². The van der Waals surface area contributed by atoms with E-state index in [1.807, 2.05) is 12.3 Å². The second-order valence-electron chi connectivity index (χ2n) is 3.84. The minimum Gasteiger partial charge on any atom is -0.398 e. The highest BCUT2D eigenvalue weighted by Gasteiger charge is 2.17. The summed E-state index contributed by atoms with van der Waals surface area (Å²) in [4.78, 5) is 4.14. The van der Waals surface area contributed by atoms with E-state index in [4.69, 9.17) is 5.73 Å². The molecule has 1 aliphatic carbocycles. The van der Waals surface area contributed by atoms with Crippen LogP contribution in [-0.4, -0.2) is 4.98 Å². The van der Waals surface area contributed by atoms with E-state index in [1.54, 1.807) is 6.20 Å². The third kappa shape index (κ3) is 1.82. The summed E-state index contributed by atoms with van der Waals surface area (Å²) in [6.07, 6.45) is 10.4. The lowest BCUT2D eigenvalue weighted by atomic mass is 9.84. The molecule has 1 heterocycles. The number of hydrogen-bond acceptors (Lipinski definition) is 2. The molecule has 0 amide bonds. The van der Waals surface area contributed by atoms with Gasteiger partial charge in [0.2, 0.25) is 0 Å². The zero-order chi connectivity index (χ0) is 9.10. The van der Waals surface area contributed by atoms with Crippen LogP contribution in [0.4, 0.5) is 5.69 Å². The summed E-state index contributed by atoms with van der Waals surface area (Å²) in [5, 5.41) is 0. The van der Waals surface area contributed by atoms with Crippen LogP contribution >= 0.6 is 0 Å². The summed E-state index contributed by atoms with van der Waals surface area (Å²) in [5.41, 5.74) is 8.10. The predicted octanol–water partition coefficient (Wildman–Crippen LogP) is 2.71. The fourth-order valence-corrected chi connectivity index (χ4v) is 2.17. The van der Waals surface area contributed by atoms with Gasteiger partial charge in [0.25, 0.3) is 0 Å². The Bertz CT molecular complexity index is 277. The van der Waals surface area contributed by atoms with E-state index >= 15 is 0 Å². The van der Waals surface area contributed by atoms with E-state index in [0.29, 0.717) is 5.92 Å². The van der Waals surface area contributed by atoms with Crippen LogP contribution in [0, 0.1) is 0 Å². The van der Waals surface area contributed by atoms with Crippen molar-refractivity contribution in [2.45, 2.75) is 38.0 Å². The Labute approximate surface area is 79.2 Å². The molecule has 0 bridgehead atoms. The molecule has 70 valence electrons. The van der Waals surface area contributed by atoms with Crippen LogP contribution in [0.3, 0.4) is 0 Å². The first-order valence-electron chi connectivity index (χ1n) is 5.07.